The molecule has 4 aromatic rings. The number of rotatable bonds is 5. The SMILES string of the molecule is COc1cccc(-c2nc(C3CCCN(C(=O)Nc4ccccc4F)C3)n3cccc(OC)c23)c1. The first-order chi connectivity index (χ1) is 17.1. The predicted molar refractivity (Wildman–Crippen MR) is 133 cm³/mol. The van der Waals surface area contributed by atoms with Crippen molar-refractivity contribution in [2.45, 2.75) is 18.8 Å². The molecule has 2 amide bonds. The molecule has 3 heterocycles. The minimum Gasteiger partial charge on any atom is -0.497 e. The minimum atomic E-state index is -0.455. The van der Waals surface area contributed by atoms with Crippen LogP contribution in [-0.2, 0) is 0 Å². The van der Waals surface area contributed by atoms with Gasteiger partial charge in [-0.25, -0.2) is 14.2 Å². The Hall–Kier alpha value is -4.07. The Balaban J connectivity index is 1.49. The second-order valence-electron chi connectivity index (χ2n) is 8.54. The van der Waals surface area contributed by atoms with Crippen LogP contribution in [0.3, 0.4) is 0 Å². The van der Waals surface area contributed by atoms with E-state index in [-0.39, 0.29) is 17.6 Å². The van der Waals surface area contributed by atoms with Crippen LogP contribution in [0.25, 0.3) is 16.8 Å². The summed E-state index contributed by atoms with van der Waals surface area (Å²) in [6.45, 7) is 1.08. The van der Waals surface area contributed by atoms with Crippen molar-refractivity contribution in [1.29, 1.82) is 0 Å². The van der Waals surface area contributed by atoms with Gasteiger partial charge < -0.3 is 19.7 Å². The van der Waals surface area contributed by atoms with Crippen LogP contribution in [-0.4, -0.2) is 47.6 Å². The molecule has 2 aromatic carbocycles. The maximum absolute atomic E-state index is 14.1. The van der Waals surface area contributed by atoms with Gasteiger partial charge in [-0.2, -0.15) is 0 Å². The zero-order chi connectivity index (χ0) is 24.4. The first-order valence-electron chi connectivity index (χ1n) is 11.6. The number of nitrogens with one attached hydrogen (secondary N) is 1. The molecule has 1 aliphatic heterocycles. The molecular weight excluding hydrogens is 447 g/mol. The van der Waals surface area contributed by atoms with Gasteiger partial charge in [0.25, 0.3) is 0 Å². The first-order valence-corrected chi connectivity index (χ1v) is 11.6. The van der Waals surface area contributed by atoms with E-state index >= 15 is 0 Å². The Morgan fingerprint density at radius 1 is 1.09 bits per heavy atom. The van der Waals surface area contributed by atoms with Crippen molar-refractivity contribution in [2.75, 3.05) is 32.6 Å². The molecule has 1 aliphatic rings. The van der Waals surface area contributed by atoms with Gasteiger partial charge in [-0.1, -0.05) is 24.3 Å². The van der Waals surface area contributed by atoms with Gasteiger partial charge in [0.05, 0.1) is 19.9 Å². The van der Waals surface area contributed by atoms with E-state index in [1.54, 1.807) is 37.3 Å². The van der Waals surface area contributed by atoms with E-state index < -0.39 is 5.82 Å². The summed E-state index contributed by atoms with van der Waals surface area (Å²) in [6.07, 6.45) is 3.68. The van der Waals surface area contributed by atoms with Crippen molar-refractivity contribution >= 4 is 17.2 Å². The number of methoxy groups -OCH3 is 2. The topological polar surface area (TPSA) is 68.1 Å². The number of benzene rings is 2. The van der Waals surface area contributed by atoms with Gasteiger partial charge in [-0.15, -0.1) is 0 Å². The number of carbonyl (C=O) groups is 1. The number of pyridine rings is 1. The lowest BCUT2D eigenvalue weighted by Crippen LogP contribution is -2.42. The number of piperidine rings is 1. The second kappa shape index (κ2) is 9.66. The summed E-state index contributed by atoms with van der Waals surface area (Å²) in [5.41, 5.74) is 2.76. The highest BCUT2D eigenvalue weighted by molar-refractivity contribution is 5.89. The Morgan fingerprint density at radius 3 is 2.74 bits per heavy atom. The quantitative estimate of drug-likeness (QED) is 0.411. The van der Waals surface area contributed by atoms with Crippen molar-refractivity contribution in [1.82, 2.24) is 14.3 Å². The Morgan fingerprint density at radius 2 is 1.94 bits per heavy atom. The summed E-state index contributed by atoms with van der Waals surface area (Å²) in [7, 11) is 3.28. The molecule has 2 aromatic heterocycles. The second-order valence-corrected chi connectivity index (χ2v) is 8.54. The monoisotopic (exact) mass is 474 g/mol. The lowest BCUT2D eigenvalue weighted by molar-refractivity contribution is 0.191. The van der Waals surface area contributed by atoms with Crippen LogP contribution in [0.5, 0.6) is 11.5 Å². The number of aromatic nitrogens is 2. The number of ether oxygens (including phenoxy) is 2. The van der Waals surface area contributed by atoms with Crippen LogP contribution in [0.15, 0.2) is 66.9 Å². The molecule has 0 radical (unpaired) electrons. The van der Waals surface area contributed by atoms with Gasteiger partial charge in [0, 0.05) is 30.8 Å². The number of para-hydroxylation sites is 1. The summed E-state index contributed by atoms with van der Waals surface area (Å²) in [6, 6.07) is 17.5. The van der Waals surface area contributed by atoms with E-state index in [1.165, 1.54) is 6.07 Å². The third kappa shape index (κ3) is 4.39. The minimum absolute atomic E-state index is 0.00841. The molecule has 1 atom stereocenters. The highest BCUT2D eigenvalue weighted by Gasteiger charge is 2.30. The molecule has 0 saturated carbocycles. The summed E-state index contributed by atoms with van der Waals surface area (Å²) < 4.78 is 27.2. The lowest BCUT2D eigenvalue weighted by atomic mass is 9.97. The van der Waals surface area contributed by atoms with E-state index in [9.17, 15) is 9.18 Å². The van der Waals surface area contributed by atoms with E-state index in [2.05, 4.69) is 9.72 Å². The van der Waals surface area contributed by atoms with Crippen LogP contribution < -0.4 is 14.8 Å². The summed E-state index contributed by atoms with van der Waals surface area (Å²) in [5, 5.41) is 2.70. The van der Waals surface area contributed by atoms with Gasteiger partial charge in [0.1, 0.15) is 34.4 Å². The number of likely N-dealkylation sites (tertiary alicyclic amines) is 1. The van der Waals surface area contributed by atoms with Gasteiger partial charge in [0.2, 0.25) is 0 Å². The first kappa shape index (κ1) is 22.7. The normalized spacial score (nSPS) is 15.7. The number of amides is 2. The Labute approximate surface area is 203 Å². The molecule has 1 N–H and O–H groups in total. The van der Waals surface area contributed by atoms with Crippen molar-refractivity contribution in [3.8, 4) is 22.8 Å². The van der Waals surface area contributed by atoms with Gasteiger partial charge in [-0.05, 0) is 49.2 Å². The molecule has 0 spiro atoms. The Bertz CT molecular complexity index is 1370. The van der Waals surface area contributed by atoms with Crippen molar-refractivity contribution in [3.05, 3.63) is 78.5 Å². The van der Waals surface area contributed by atoms with Crippen LogP contribution >= 0.6 is 0 Å². The third-order valence-corrected chi connectivity index (χ3v) is 6.41. The number of hydrogen-bond acceptors (Lipinski definition) is 4. The highest BCUT2D eigenvalue weighted by Crippen LogP contribution is 2.37. The Kier molecular flexibility index (Phi) is 6.27. The molecule has 180 valence electrons. The maximum atomic E-state index is 14.1. The van der Waals surface area contributed by atoms with Crippen LogP contribution in [0.1, 0.15) is 24.6 Å². The van der Waals surface area contributed by atoms with Crippen molar-refractivity contribution in [3.63, 3.8) is 0 Å². The number of carbonyl (C=O) groups excluding carboxylic acids is 1. The number of fused-ring (bicyclic) bond motifs is 1. The average Bonchev–Trinajstić information content (AvgIpc) is 3.30. The molecule has 0 bridgehead atoms. The van der Waals surface area contributed by atoms with E-state index in [1.807, 2.05) is 42.6 Å². The summed E-state index contributed by atoms with van der Waals surface area (Å²) in [5.74, 6) is 1.88. The average molecular weight is 475 g/mol. The van der Waals surface area contributed by atoms with Crippen LogP contribution in [0, 0.1) is 5.82 Å². The molecule has 1 unspecified atom stereocenters. The third-order valence-electron chi connectivity index (χ3n) is 6.41. The zero-order valence-electron chi connectivity index (χ0n) is 19.7. The fraction of sp³-hybridized carbons (Fsp3) is 0.259. The number of halogens is 1. The van der Waals surface area contributed by atoms with E-state index in [0.29, 0.717) is 18.8 Å². The van der Waals surface area contributed by atoms with Gasteiger partial charge >= 0.3 is 6.03 Å². The number of anilines is 1. The van der Waals surface area contributed by atoms with Crippen molar-refractivity contribution in [2.24, 2.45) is 0 Å². The number of urea groups is 1. The van der Waals surface area contributed by atoms with E-state index in [4.69, 9.17) is 14.5 Å². The molecule has 0 aliphatic carbocycles. The lowest BCUT2D eigenvalue weighted by Gasteiger charge is -2.32. The van der Waals surface area contributed by atoms with Crippen LogP contribution in [0.2, 0.25) is 0 Å². The molecule has 1 saturated heterocycles. The molecule has 1 fully saturated rings. The maximum Gasteiger partial charge on any atom is 0.321 e. The molecule has 5 rings (SSSR count). The summed E-state index contributed by atoms with van der Waals surface area (Å²) in [4.78, 5) is 19.7. The molecule has 35 heavy (non-hydrogen) atoms. The summed E-state index contributed by atoms with van der Waals surface area (Å²) >= 11 is 0. The molecule has 7 nitrogen and oxygen atoms in total. The van der Waals surface area contributed by atoms with Gasteiger partial charge in [0.15, 0.2) is 0 Å². The number of imidazole rings is 1. The zero-order valence-corrected chi connectivity index (χ0v) is 19.7. The van der Waals surface area contributed by atoms with Gasteiger partial charge in [-0.3, -0.25) is 4.40 Å². The highest BCUT2D eigenvalue weighted by atomic mass is 19.1. The molecular formula is C27H27FN4O3. The fourth-order valence-electron chi connectivity index (χ4n) is 4.69. The standard InChI is InChI=1S/C27H27FN4O3/c1-34-20-10-5-8-18(16-20)24-25-23(35-2)13-7-15-32(25)26(30-24)19-9-6-14-31(17-19)27(33)29-22-12-4-3-11-21(22)28/h3-5,7-8,10-13,15-16,19H,6,9,14,17H2,1-2H3,(H,29,33). The predicted octanol–water partition coefficient (Wildman–Crippen LogP) is 5.57. The smallest absolute Gasteiger partial charge is 0.321 e. The number of nitrogens with zero attached hydrogens (tertiary/aromatic N) is 3. The number of hydrogen-bond donors (Lipinski definition) is 1. The fourth-order valence-corrected chi connectivity index (χ4v) is 4.69. The molecule has 8 heteroatoms. The van der Waals surface area contributed by atoms with E-state index in [0.717, 1.165) is 41.2 Å². The van der Waals surface area contributed by atoms with Crippen molar-refractivity contribution < 1.29 is 18.7 Å². The largest absolute Gasteiger partial charge is 0.497 e. The van der Waals surface area contributed by atoms with Crippen LogP contribution in [0.4, 0.5) is 14.9 Å².